The first kappa shape index (κ1) is 18.9. The number of hydrogen-bond acceptors (Lipinski definition) is 4. The van der Waals surface area contributed by atoms with Crippen molar-refractivity contribution in [2.24, 2.45) is 5.73 Å². The maximum absolute atomic E-state index is 12.4. The minimum absolute atomic E-state index is 0.171. The average molecular weight is 370 g/mol. The van der Waals surface area contributed by atoms with Crippen LogP contribution in [0.5, 0.6) is 0 Å². The zero-order valence-electron chi connectivity index (χ0n) is 15.7. The molecule has 8 heteroatoms. The fourth-order valence-corrected chi connectivity index (χ4v) is 3.38. The number of nitrogens with one attached hydrogen (secondary N) is 2. The van der Waals surface area contributed by atoms with Gasteiger partial charge in [-0.2, -0.15) is 5.10 Å². The summed E-state index contributed by atoms with van der Waals surface area (Å²) in [5.41, 5.74) is 7.17. The van der Waals surface area contributed by atoms with Gasteiger partial charge in [0.2, 0.25) is 5.91 Å². The number of carbonyl (C=O) groups is 2. The van der Waals surface area contributed by atoms with Crippen molar-refractivity contribution in [3.63, 3.8) is 0 Å². The summed E-state index contributed by atoms with van der Waals surface area (Å²) in [6.45, 7) is 5.31. The molecule has 4 N–H and O–H groups in total. The summed E-state index contributed by atoms with van der Waals surface area (Å²) in [5, 5.41) is 10.1. The molecule has 144 valence electrons. The lowest BCUT2D eigenvalue weighted by Crippen LogP contribution is -2.46. The zero-order valence-corrected chi connectivity index (χ0v) is 15.7. The van der Waals surface area contributed by atoms with E-state index in [1.54, 1.807) is 12.3 Å². The Bertz CT molecular complexity index is 810. The molecular formula is C19H26N6O2. The molecule has 3 rings (SSSR count). The van der Waals surface area contributed by atoms with Crippen LogP contribution in [0, 0.1) is 6.92 Å². The number of benzene rings is 1. The van der Waals surface area contributed by atoms with Crippen LogP contribution in [0.15, 0.2) is 36.5 Å². The molecule has 0 spiro atoms. The Morgan fingerprint density at radius 2 is 1.89 bits per heavy atom. The first-order valence-corrected chi connectivity index (χ1v) is 9.16. The molecular weight excluding hydrogens is 344 g/mol. The van der Waals surface area contributed by atoms with Crippen LogP contribution in [0.4, 0.5) is 16.3 Å². The van der Waals surface area contributed by atoms with E-state index in [0.717, 1.165) is 37.2 Å². The second-order valence-corrected chi connectivity index (χ2v) is 6.90. The maximum atomic E-state index is 12.4. The van der Waals surface area contributed by atoms with Gasteiger partial charge in [-0.15, -0.1) is 0 Å². The Morgan fingerprint density at radius 3 is 2.56 bits per heavy atom. The molecule has 1 saturated heterocycles. The SMILES string of the molecule is Cc1ccccc1NC(=O)Nc1ccnn1C1CCN([C@@H](C)C(N)=O)CC1. The molecule has 2 heterocycles. The van der Waals surface area contributed by atoms with Crippen LogP contribution in [0.1, 0.15) is 31.4 Å². The molecule has 1 aliphatic heterocycles. The van der Waals surface area contributed by atoms with Crippen molar-refractivity contribution in [1.82, 2.24) is 14.7 Å². The number of aromatic nitrogens is 2. The number of likely N-dealkylation sites (tertiary alicyclic amines) is 1. The van der Waals surface area contributed by atoms with E-state index in [4.69, 9.17) is 5.73 Å². The van der Waals surface area contributed by atoms with Crippen molar-refractivity contribution in [3.05, 3.63) is 42.1 Å². The summed E-state index contributed by atoms with van der Waals surface area (Å²) in [6.07, 6.45) is 3.36. The molecule has 8 nitrogen and oxygen atoms in total. The van der Waals surface area contributed by atoms with E-state index in [2.05, 4.69) is 20.6 Å². The van der Waals surface area contributed by atoms with Crippen molar-refractivity contribution < 1.29 is 9.59 Å². The van der Waals surface area contributed by atoms with Gasteiger partial charge >= 0.3 is 6.03 Å². The van der Waals surface area contributed by atoms with Crippen LogP contribution in [0.2, 0.25) is 0 Å². The lowest BCUT2D eigenvalue weighted by atomic mass is 10.0. The summed E-state index contributed by atoms with van der Waals surface area (Å²) < 4.78 is 1.85. The number of primary amides is 1. The summed E-state index contributed by atoms with van der Waals surface area (Å²) in [4.78, 5) is 25.8. The van der Waals surface area contributed by atoms with Gasteiger partial charge in [-0.3, -0.25) is 15.0 Å². The van der Waals surface area contributed by atoms with Gasteiger partial charge in [-0.1, -0.05) is 18.2 Å². The first-order valence-electron chi connectivity index (χ1n) is 9.16. The van der Waals surface area contributed by atoms with Gasteiger partial charge in [-0.25, -0.2) is 9.48 Å². The summed E-state index contributed by atoms with van der Waals surface area (Å²) in [7, 11) is 0. The number of urea groups is 1. The fraction of sp³-hybridized carbons (Fsp3) is 0.421. The van der Waals surface area contributed by atoms with Gasteiger partial charge in [0.25, 0.3) is 0 Å². The minimum atomic E-state index is -0.303. The molecule has 1 fully saturated rings. The van der Waals surface area contributed by atoms with Gasteiger partial charge in [0.05, 0.1) is 18.3 Å². The Balaban J connectivity index is 1.61. The topological polar surface area (TPSA) is 105 Å². The predicted molar refractivity (Wildman–Crippen MR) is 105 cm³/mol. The number of aryl methyl sites for hydroxylation is 1. The number of nitrogens with zero attached hydrogens (tertiary/aromatic N) is 3. The number of para-hydroxylation sites is 1. The molecule has 1 atom stereocenters. The second-order valence-electron chi connectivity index (χ2n) is 6.90. The number of nitrogens with two attached hydrogens (primary N) is 1. The smallest absolute Gasteiger partial charge is 0.324 e. The highest BCUT2D eigenvalue weighted by Gasteiger charge is 2.27. The Labute approximate surface area is 158 Å². The highest BCUT2D eigenvalue weighted by atomic mass is 16.2. The van der Waals surface area contributed by atoms with Crippen LogP contribution in [-0.4, -0.2) is 45.8 Å². The number of piperidine rings is 1. The van der Waals surface area contributed by atoms with E-state index >= 15 is 0 Å². The molecule has 27 heavy (non-hydrogen) atoms. The van der Waals surface area contributed by atoms with Gasteiger partial charge in [0.15, 0.2) is 0 Å². The van der Waals surface area contributed by atoms with E-state index in [9.17, 15) is 9.59 Å². The molecule has 0 aliphatic carbocycles. The molecule has 0 saturated carbocycles. The van der Waals surface area contributed by atoms with Crippen LogP contribution in [-0.2, 0) is 4.79 Å². The highest BCUT2D eigenvalue weighted by Crippen LogP contribution is 2.26. The first-order chi connectivity index (χ1) is 13.0. The van der Waals surface area contributed by atoms with E-state index in [1.165, 1.54) is 0 Å². The molecule has 0 radical (unpaired) electrons. The second kappa shape index (κ2) is 8.22. The van der Waals surface area contributed by atoms with Crippen molar-refractivity contribution in [1.29, 1.82) is 0 Å². The number of rotatable bonds is 5. The average Bonchev–Trinajstić information content (AvgIpc) is 3.11. The lowest BCUT2D eigenvalue weighted by Gasteiger charge is -2.35. The largest absolute Gasteiger partial charge is 0.368 e. The summed E-state index contributed by atoms with van der Waals surface area (Å²) in [5.74, 6) is 0.352. The predicted octanol–water partition coefficient (Wildman–Crippen LogP) is 2.35. The normalized spacial score (nSPS) is 16.7. The van der Waals surface area contributed by atoms with E-state index in [0.29, 0.717) is 5.82 Å². The molecule has 2 aromatic rings. The number of amides is 3. The third-order valence-electron chi connectivity index (χ3n) is 5.11. The number of hydrogen-bond donors (Lipinski definition) is 3. The molecule has 1 aliphatic rings. The van der Waals surface area contributed by atoms with E-state index < -0.39 is 0 Å². The summed E-state index contributed by atoms with van der Waals surface area (Å²) >= 11 is 0. The molecule has 0 unspecified atom stereocenters. The van der Waals surface area contributed by atoms with E-state index in [-0.39, 0.29) is 24.0 Å². The van der Waals surface area contributed by atoms with Gasteiger partial charge in [0, 0.05) is 24.8 Å². The van der Waals surface area contributed by atoms with Crippen LogP contribution < -0.4 is 16.4 Å². The van der Waals surface area contributed by atoms with Crippen molar-refractivity contribution >= 4 is 23.4 Å². The number of carbonyl (C=O) groups excluding carboxylic acids is 2. The van der Waals surface area contributed by atoms with Crippen molar-refractivity contribution in [2.75, 3.05) is 23.7 Å². The lowest BCUT2D eigenvalue weighted by molar-refractivity contribution is -0.123. The van der Waals surface area contributed by atoms with Crippen LogP contribution >= 0.6 is 0 Å². The monoisotopic (exact) mass is 370 g/mol. The Kier molecular flexibility index (Phi) is 5.75. The maximum Gasteiger partial charge on any atom is 0.324 e. The third kappa shape index (κ3) is 4.46. The number of anilines is 2. The van der Waals surface area contributed by atoms with Gasteiger partial charge < -0.3 is 11.1 Å². The molecule has 3 amide bonds. The van der Waals surface area contributed by atoms with Crippen LogP contribution in [0.3, 0.4) is 0 Å². The zero-order chi connectivity index (χ0) is 19.4. The Hall–Kier alpha value is -2.87. The standard InChI is InChI=1S/C19H26N6O2/c1-13-5-3-4-6-16(13)22-19(27)23-17-7-10-21-25(17)15-8-11-24(12-9-15)14(2)18(20)26/h3-7,10,14-15H,8-9,11-12H2,1-2H3,(H2,20,26)(H2,22,23,27)/t14-/m0/s1. The Morgan fingerprint density at radius 1 is 1.19 bits per heavy atom. The summed E-state index contributed by atoms with van der Waals surface area (Å²) in [6, 6.07) is 9.02. The van der Waals surface area contributed by atoms with E-state index in [1.807, 2.05) is 42.8 Å². The van der Waals surface area contributed by atoms with Gasteiger partial charge in [-0.05, 0) is 38.3 Å². The molecule has 0 bridgehead atoms. The quantitative estimate of drug-likeness (QED) is 0.751. The van der Waals surface area contributed by atoms with Crippen molar-refractivity contribution in [2.45, 2.75) is 38.8 Å². The molecule has 1 aromatic heterocycles. The minimum Gasteiger partial charge on any atom is -0.368 e. The van der Waals surface area contributed by atoms with Crippen LogP contribution in [0.25, 0.3) is 0 Å². The van der Waals surface area contributed by atoms with Crippen molar-refractivity contribution in [3.8, 4) is 0 Å². The molecule has 1 aromatic carbocycles. The fourth-order valence-electron chi connectivity index (χ4n) is 3.38. The van der Waals surface area contributed by atoms with Gasteiger partial charge in [0.1, 0.15) is 5.82 Å². The third-order valence-corrected chi connectivity index (χ3v) is 5.11. The highest BCUT2D eigenvalue weighted by molar-refractivity contribution is 5.99.